The molecule has 1 aromatic rings. The highest BCUT2D eigenvalue weighted by Crippen LogP contribution is 2.24. The van der Waals surface area contributed by atoms with Crippen LogP contribution in [0.3, 0.4) is 0 Å². The van der Waals surface area contributed by atoms with Gasteiger partial charge in [0, 0.05) is 24.6 Å². The van der Waals surface area contributed by atoms with E-state index >= 15 is 0 Å². The van der Waals surface area contributed by atoms with E-state index in [0.717, 1.165) is 19.3 Å². The van der Waals surface area contributed by atoms with Gasteiger partial charge in [-0.2, -0.15) is 0 Å². The molecular weight excluding hydrogens is 294 g/mol. The summed E-state index contributed by atoms with van der Waals surface area (Å²) in [5, 5.41) is 18.1. The van der Waals surface area contributed by atoms with Crippen LogP contribution in [0.4, 0.5) is 0 Å². The fourth-order valence-electron chi connectivity index (χ4n) is 3.21. The summed E-state index contributed by atoms with van der Waals surface area (Å²) in [6, 6.07) is 5.78. The van der Waals surface area contributed by atoms with Gasteiger partial charge in [-0.1, -0.05) is 12.1 Å². The fraction of sp³-hybridized carbons (Fsp3) is 0.556. The summed E-state index contributed by atoms with van der Waals surface area (Å²) in [5.74, 6) is -1.69. The van der Waals surface area contributed by atoms with Crippen molar-refractivity contribution in [3.05, 3.63) is 34.9 Å². The highest BCUT2D eigenvalue weighted by molar-refractivity contribution is 5.99. The summed E-state index contributed by atoms with van der Waals surface area (Å²) in [4.78, 5) is 25.6. The molecule has 5 nitrogen and oxygen atoms in total. The van der Waals surface area contributed by atoms with E-state index in [9.17, 15) is 9.59 Å². The number of carboxylic acid groups (broad SMARTS) is 1. The predicted octanol–water partition coefficient (Wildman–Crippen LogP) is 1.76. The van der Waals surface area contributed by atoms with Crippen LogP contribution in [0.1, 0.15) is 40.7 Å². The van der Waals surface area contributed by atoms with Crippen LogP contribution in [0.15, 0.2) is 18.2 Å². The van der Waals surface area contributed by atoms with E-state index in [2.05, 4.69) is 0 Å². The fourth-order valence-corrected chi connectivity index (χ4v) is 3.21. The molecular formula is C18H25NO4. The van der Waals surface area contributed by atoms with Gasteiger partial charge >= 0.3 is 5.97 Å². The van der Waals surface area contributed by atoms with Gasteiger partial charge in [-0.15, -0.1) is 0 Å². The first-order valence-electron chi connectivity index (χ1n) is 8.18. The molecule has 0 heterocycles. The third-order valence-electron chi connectivity index (χ3n) is 4.44. The number of fused-ring (bicyclic) bond motifs is 1. The second kappa shape index (κ2) is 8.22. The molecule has 1 atom stereocenters. The topological polar surface area (TPSA) is 77.8 Å². The molecule has 1 aliphatic carbocycles. The van der Waals surface area contributed by atoms with Gasteiger partial charge in [0.15, 0.2) is 5.78 Å². The van der Waals surface area contributed by atoms with Crippen LogP contribution in [0.25, 0.3) is 0 Å². The Morgan fingerprint density at radius 3 is 2.57 bits per heavy atom. The number of likely N-dealkylation sites (N-methyl/N-ethyl adjacent to an activating group) is 1. The molecule has 1 unspecified atom stereocenters. The first kappa shape index (κ1) is 17.6. The lowest BCUT2D eigenvalue weighted by Crippen LogP contribution is -2.33. The molecule has 0 bridgehead atoms. The summed E-state index contributed by atoms with van der Waals surface area (Å²) in [5.41, 5.74) is 3.13. The number of nitrogens with zero attached hydrogens (tertiary/aromatic N) is 1. The Hall–Kier alpha value is -1.72. The van der Waals surface area contributed by atoms with Gasteiger partial charge in [0.1, 0.15) is 0 Å². The average Bonchev–Trinajstić information content (AvgIpc) is 2.53. The van der Waals surface area contributed by atoms with Crippen molar-refractivity contribution in [1.29, 1.82) is 0 Å². The molecule has 0 aromatic heterocycles. The van der Waals surface area contributed by atoms with Crippen LogP contribution in [0, 0.1) is 5.92 Å². The van der Waals surface area contributed by atoms with Crippen molar-refractivity contribution in [3.8, 4) is 0 Å². The van der Waals surface area contributed by atoms with Crippen LogP contribution in [0.5, 0.6) is 0 Å². The minimum Gasteiger partial charge on any atom is -0.481 e. The Bertz CT molecular complexity index is 570. The maximum absolute atomic E-state index is 12.8. The summed E-state index contributed by atoms with van der Waals surface area (Å²) < 4.78 is 0. The van der Waals surface area contributed by atoms with Crippen LogP contribution < -0.4 is 0 Å². The highest BCUT2D eigenvalue weighted by atomic mass is 16.4. The molecule has 126 valence electrons. The standard InChI is InChI=1S/C18H25NO4/c1-19(8-9-20)12-16(11-17(21)22)18(23)15-7-6-13-4-2-3-5-14(13)10-15/h6-7,10,16,20H,2-5,8-9,11-12H2,1H3,(H,21,22). The second-order valence-electron chi connectivity index (χ2n) is 6.34. The maximum Gasteiger partial charge on any atom is 0.304 e. The third-order valence-corrected chi connectivity index (χ3v) is 4.44. The SMILES string of the molecule is CN(CCO)CC(CC(=O)O)C(=O)c1ccc2c(c1)CCCC2. The number of aliphatic hydroxyl groups is 1. The number of Topliss-reactive ketones (excluding diaryl/α,β-unsaturated/α-hetero) is 1. The molecule has 0 saturated carbocycles. The number of hydrogen-bond donors (Lipinski definition) is 2. The Labute approximate surface area is 136 Å². The van der Waals surface area contributed by atoms with E-state index in [1.165, 1.54) is 17.5 Å². The smallest absolute Gasteiger partial charge is 0.304 e. The van der Waals surface area contributed by atoms with E-state index in [0.29, 0.717) is 18.7 Å². The monoisotopic (exact) mass is 319 g/mol. The van der Waals surface area contributed by atoms with Crippen molar-refractivity contribution < 1.29 is 19.8 Å². The number of carbonyl (C=O) groups is 2. The highest BCUT2D eigenvalue weighted by Gasteiger charge is 2.25. The number of aryl methyl sites for hydroxylation is 2. The molecule has 23 heavy (non-hydrogen) atoms. The molecule has 0 radical (unpaired) electrons. The van der Waals surface area contributed by atoms with E-state index in [-0.39, 0.29) is 18.8 Å². The largest absolute Gasteiger partial charge is 0.481 e. The van der Waals surface area contributed by atoms with Gasteiger partial charge in [-0.25, -0.2) is 0 Å². The lowest BCUT2D eigenvalue weighted by Gasteiger charge is -2.22. The zero-order chi connectivity index (χ0) is 16.8. The molecule has 0 aliphatic heterocycles. The molecule has 1 aromatic carbocycles. The summed E-state index contributed by atoms with van der Waals surface area (Å²) in [7, 11) is 1.78. The van der Waals surface area contributed by atoms with Crippen LogP contribution in [-0.4, -0.2) is 53.6 Å². The number of carboxylic acids is 1. The first-order chi connectivity index (χ1) is 11.0. The number of ketones is 1. The van der Waals surface area contributed by atoms with E-state index in [1.54, 1.807) is 11.9 Å². The van der Waals surface area contributed by atoms with Crippen molar-refractivity contribution in [1.82, 2.24) is 4.90 Å². The Balaban J connectivity index is 2.16. The molecule has 0 fully saturated rings. The summed E-state index contributed by atoms with van der Waals surface area (Å²) in [6.07, 6.45) is 4.19. The number of hydrogen-bond acceptors (Lipinski definition) is 4. The quantitative estimate of drug-likeness (QED) is 0.714. The Kier molecular flexibility index (Phi) is 6.30. The average molecular weight is 319 g/mol. The molecule has 1 aliphatic rings. The number of carbonyl (C=O) groups excluding carboxylic acids is 1. The first-order valence-corrected chi connectivity index (χ1v) is 8.18. The number of aliphatic carboxylic acids is 1. The Morgan fingerprint density at radius 2 is 1.91 bits per heavy atom. The zero-order valence-corrected chi connectivity index (χ0v) is 13.6. The minimum absolute atomic E-state index is 0.0106. The lowest BCUT2D eigenvalue weighted by atomic mass is 9.87. The van der Waals surface area contributed by atoms with Gasteiger partial charge in [0.05, 0.1) is 13.0 Å². The number of benzene rings is 1. The molecule has 5 heteroatoms. The zero-order valence-electron chi connectivity index (χ0n) is 13.6. The van der Waals surface area contributed by atoms with Gasteiger partial charge in [-0.05, 0) is 49.9 Å². The molecule has 2 rings (SSSR count). The van der Waals surface area contributed by atoms with Crippen molar-refractivity contribution >= 4 is 11.8 Å². The number of rotatable bonds is 8. The summed E-state index contributed by atoms with van der Waals surface area (Å²) >= 11 is 0. The lowest BCUT2D eigenvalue weighted by molar-refractivity contribution is -0.137. The maximum atomic E-state index is 12.8. The van der Waals surface area contributed by atoms with Crippen LogP contribution in [-0.2, 0) is 17.6 Å². The second-order valence-corrected chi connectivity index (χ2v) is 6.34. The van der Waals surface area contributed by atoms with Crippen LogP contribution in [0.2, 0.25) is 0 Å². The van der Waals surface area contributed by atoms with E-state index in [4.69, 9.17) is 10.2 Å². The summed E-state index contributed by atoms with van der Waals surface area (Å²) in [6.45, 7) is 0.750. The molecule has 0 spiro atoms. The van der Waals surface area contributed by atoms with Gasteiger partial charge in [-0.3, -0.25) is 9.59 Å². The number of aliphatic hydroxyl groups excluding tert-OH is 1. The Morgan fingerprint density at radius 1 is 1.22 bits per heavy atom. The van der Waals surface area contributed by atoms with Crippen molar-refractivity contribution in [2.24, 2.45) is 5.92 Å². The normalized spacial score (nSPS) is 15.3. The van der Waals surface area contributed by atoms with Gasteiger partial charge in [0.25, 0.3) is 0 Å². The molecule has 0 saturated heterocycles. The minimum atomic E-state index is -0.973. The van der Waals surface area contributed by atoms with Crippen molar-refractivity contribution in [3.63, 3.8) is 0 Å². The van der Waals surface area contributed by atoms with E-state index in [1.807, 2.05) is 18.2 Å². The van der Waals surface area contributed by atoms with Crippen molar-refractivity contribution in [2.45, 2.75) is 32.1 Å². The molecule has 0 amide bonds. The van der Waals surface area contributed by atoms with Crippen LogP contribution >= 0.6 is 0 Å². The van der Waals surface area contributed by atoms with Crippen molar-refractivity contribution in [2.75, 3.05) is 26.7 Å². The van der Waals surface area contributed by atoms with Gasteiger partial charge in [0.2, 0.25) is 0 Å². The molecule has 2 N–H and O–H groups in total. The van der Waals surface area contributed by atoms with Gasteiger partial charge < -0.3 is 15.1 Å². The predicted molar refractivity (Wildman–Crippen MR) is 87.7 cm³/mol. The third kappa shape index (κ3) is 4.88. The van der Waals surface area contributed by atoms with E-state index < -0.39 is 11.9 Å².